The molecule has 0 aliphatic carbocycles. The Morgan fingerprint density at radius 2 is 2.05 bits per heavy atom. The smallest absolute Gasteiger partial charge is 0.293 e. The van der Waals surface area contributed by atoms with E-state index < -0.39 is 4.92 Å². The average Bonchev–Trinajstić information content (AvgIpc) is 2.53. The van der Waals surface area contributed by atoms with Crippen molar-refractivity contribution in [2.75, 3.05) is 32.1 Å². The number of nitriles is 1. The van der Waals surface area contributed by atoms with Crippen LogP contribution in [0.5, 0.6) is 0 Å². The molecule has 1 aliphatic heterocycles. The van der Waals surface area contributed by atoms with E-state index in [0.717, 1.165) is 0 Å². The molecule has 1 aromatic carbocycles. The number of piperidine rings is 1. The van der Waals surface area contributed by atoms with Crippen LogP contribution in [0.25, 0.3) is 0 Å². The van der Waals surface area contributed by atoms with E-state index in [1.54, 1.807) is 31.1 Å². The van der Waals surface area contributed by atoms with Gasteiger partial charge >= 0.3 is 0 Å². The molecule has 0 spiro atoms. The van der Waals surface area contributed by atoms with Gasteiger partial charge in [0.25, 0.3) is 5.69 Å². The second-order valence-electron chi connectivity index (χ2n) is 5.57. The second kappa shape index (κ2) is 6.43. The normalized spacial score (nSPS) is 15.2. The van der Waals surface area contributed by atoms with Gasteiger partial charge in [-0.15, -0.1) is 0 Å². The molecule has 1 heterocycles. The molecule has 1 amide bonds. The lowest BCUT2D eigenvalue weighted by Crippen LogP contribution is -2.40. The molecule has 0 radical (unpaired) electrons. The standard InChI is InChI=1S/C15H18N4O3/c1-17(2)15(20)12-5-7-18(8-6-12)13-4-3-11(10-16)9-14(13)19(21)22/h3-4,9,12H,5-8H2,1-2H3. The van der Waals surface area contributed by atoms with Crippen molar-refractivity contribution in [1.82, 2.24) is 4.90 Å². The maximum Gasteiger partial charge on any atom is 0.293 e. The van der Waals surface area contributed by atoms with Gasteiger partial charge in [0.2, 0.25) is 5.91 Å². The van der Waals surface area contributed by atoms with Crippen LogP contribution in [-0.4, -0.2) is 42.9 Å². The molecule has 0 bridgehead atoms. The van der Waals surface area contributed by atoms with Crippen molar-refractivity contribution in [1.29, 1.82) is 5.26 Å². The van der Waals surface area contributed by atoms with Crippen LogP contribution in [0, 0.1) is 27.4 Å². The summed E-state index contributed by atoms with van der Waals surface area (Å²) in [4.78, 5) is 26.2. The molecule has 7 nitrogen and oxygen atoms in total. The first-order valence-electron chi connectivity index (χ1n) is 7.08. The number of benzene rings is 1. The number of hydrogen-bond donors (Lipinski definition) is 0. The molecule has 116 valence electrons. The van der Waals surface area contributed by atoms with Crippen LogP contribution in [0.4, 0.5) is 11.4 Å². The first-order valence-corrected chi connectivity index (χ1v) is 7.08. The van der Waals surface area contributed by atoms with E-state index in [9.17, 15) is 14.9 Å². The van der Waals surface area contributed by atoms with E-state index in [-0.39, 0.29) is 23.1 Å². The quantitative estimate of drug-likeness (QED) is 0.627. The summed E-state index contributed by atoms with van der Waals surface area (Å²) in [5.41, 5.74) is 0.726. The summed E-state index contributed by atoms with van der Waals surface area (Å²) in [6, 6.07) is 6.41. The maximum atomic E-state index is 12.0. The fraction of sp³-hybridized carbons (Fsp3) is 0.467. The SMILES string of the molecule is CN(C)C(=O)C1CCN(c2ccc(C#N)cc2[N+](=O)[O-])CC1. The highest BCUT2D eigenvalue weighted by Gasteiger charge is 2.29. The number of nitro benzene ring substituents is 1. The number of carbonyl (C=O) groups excluding carboxylic acids is 1. The zero-order chi connectivity index (χ0) is 16.3. The zero-order valence-corrected chi connectivity index (χ0v) is 12.7. The summed E-state index contributed by atoms with van der Waals surface area (Å²) in [5, 5.41) is 20.1. The highest BCUT2D eigenvalue weighted by atomic mass is 16.6. The number of carbonyl (C=O) groups is 1. The van der Waals surface area contributed by atoms with E-state index in [1.165, 1.54) is 6.07 Å². The summed E-state index contributed by atoms with van der Waals surface area (Å²) in [5.74, 6) is 0.0812. The van der Waals surface area contributed by atoms with Gasteiger partial charge in [-0.25, -0.2) is 0 Å². The van der Waals surface area contributed by atoms with E-state index in [1.807, 2.05) is 11.0 Å². The Hall–Kier alpha value is -2.62. The highest BCUT2D eigenvalue weighted by Crippen LogP contribution is 2.32. The number of hydrogen-bond acceptors (Lipinski definition) is 5. The minimum Gasteiger partial charge on any atom is -0.366 e. The highest BCUT2D eigenvalue weighted by molar-refractivity contribution is 5.78. The van der Waals surface area contributed by atoms with Crippen LogP contribution < -0.4 is 4.90 Å². The Bertz CT molecular complexity index is 628. The minimum atomic E-state index is -0.465. The number of amides is 1. The summed E-state index contributed by atoms with van der Waals surface area (Å²) < 4.78 is 0. The molecule has 1 fully saturated rings. The zero-order valence-electron chi connectivity index (χ0n) is 12.7. The maximum absolute atomic E-state index is 12.0. The van der Waals surface area contributed by atoms with Crippen LogP contribution in [0.1, 0.15) is 18.4 Å². The van der Waals surface area contributed by atoms with Crippen molar-refractivity contribution in [3.8, 4) is 6.07 Å². The summed E-state index contributed by atoms with van der Waals surface area (Å²) in [7, 11) is 3.47. The molecule has 0 aromatic heterocycles. The Kier molecular flexibility index (Phi) is 4.61. The van der Waals surface area contributed by atoms with Gasteiger partial charge in [0.05, 0.1) is 16.6 Å². The van der Waals surface area contributed by atoms with Gasteiger partial charge in [-0.05, 0) is 25.0 Å². The lowest BCUT2D eigenvalue weighted by Gasteiger charge is -2.33. The molecule has 7 heteroatoms. The Balaban J connectivity index is 2.16. The summed E-state index contributed by atoms with van der Waals surface area (Å²) in [6.07, 6.45) is 1.35. The molecule has 2 rings (SSSR count). The number of anilines is 1. The predicted octanol–water partition coefficient (Wildman–Crippen LogP) is 1.77. The van der Waals surface area contributed by atoms with Crippen molar-refractivity contribution >= 4 is 17.3 Å². The fourth-order valence-electron chi connectivity index (χ4n) is 2.74. The summed E-state index contributed by atoms with van der Waals surface area (Å²) >= 11 is 0. The van der Waals surface area contributed by atoms with Gasteiger partial charge in [-0.1, -0.05) is 0 Å². The molecule has 1 saturated heterocycles. The van der Waals surface area contributed by atoms with Crippen LogP contribution in [0.2, 0.25) is 0 Å². The van der Waals surface area contributed by atoms with Crippen LogP contribution >= 0.6 is 0 Å². The predicted molar refractivity (Wildman–Crippen MR) is 81.4 cm³/mol. The molecule has 0 saturated carbocycles. The third kappa shape index (κ3) is 3.17. The van der Waals surface area contributed by atoms with Crippen molar-refractivity contribution in [2.24, 2.45) is 5.92 Å². The average molecular weight is 302 g/mol. The molecule has 0 atom stereocenters. The largest absolute Gasteiger partial charge is 0.366 e. The third-order valence-electron chi connectivity index (χ3n) is 3.93. The Morgan fingerprint density at radius 3 is 2.55 bits per heavy atom. The van der Waals surface area contributed by atoms with Gasteiger partial charge in [0, 0.05) is 39.2 Å². The minimum absolute atomic E-state index is 0.0244. The van der Waals surface area contributed by atoms with Gasteiger partial charge in [-0.2, -0.15) is 5.26 Å². The molecule has 1 aliphatic rings. The first kappa shape index (κ1) is 15.8. The van der Waals surface area contributed by atoms with Crippen molar-refractivity contribution in [3.05, 3.63) is 33.9 Å². The molecular formula is C15H18N4O3. The van der Waals surface area contributed by atoms with E-state index >= 15 is 0 Å². The van der Waals surface area contributed by atoms with Gasteiger partial charge in [-0.3, -0.25) is 14.9 Å². The van der Waals surface area contributed by atoms with Crippen LogP contribution in [-0.2, 0) is 4.79 Å². The lowest BCUT2D eigenvalue weighted by atomic mass is 9.95. The first-order chi connectivity index (χ1) is 10.4. The Morgan fingerprint density at radius 1 is 1.41 bits per heavy atom. The number of rotatable bonds is 3. The second-order valence-corrected chi connectivity index (χ2v) is 5.57. The van der Waals surface area contributed by atoms with Crippen molar-refractivity contribution in [2.45, 2.75) is 12.8 Å². The van der Waals surface area contributed by atoms with Gasteiger partial charge in [0.15, 0.2) is 0 Å². The monoisotopic (exact) mass is 302 g/mol. The fourth-order valence-corrected chi connectivity index (χ4v) is 2.74. The van der Waals surface area contributed by atoms with Crippen molar-refractivity contribution < 1.29 is 9.72 Å². The third-order valence-corrected chi connectivity index (χ3v) is 3.93. The van der Waals surface area contributed by atoms with Gasteiger partial charge < -0.3 is 9.80 Å². The number of nitrogens with zero attached hydrogens (tertiary/aromatic N) is 4. The van der Waals surface area contributed by atoms with Gasteiger partial charge in [0.1, 0.15) is 5.69 Å². The lowest BCUT2D eigenvalue weighted by molar-refractivity contribution is -0.384. The summed E-state index contributed by atoms with van der Waals surface area (Å²) in [6.45, 7) is 1.19. The molecular weight excluding hydrogens is 284 g/mol. The molecule has 1 aromatic rings. The Labute approximate surface area is 128 Å². The van der Waals surface area contributed by atoms with Crippen LogP contribution in [0.3, 0.4) is 0 Å². The molecule has 0 N–H and O–H groups in total. The van der Waals surface area contributed by atoms with E-state index in [2.05, 4.69) is 0 Å². The topological polar surface area (TPSA) is 90.5 Å². The van der Waals surface area contributed by atoms with Crippen LogP contribution in [0.15, 0.2) is 18.2 Å². The number of nitro groups is 1. The van der Waals surface area contributed by atoms with E-state index in [4.69, 9.17) is 5.26 Å². The molecule has 0 unspecified atom stereocenters. The van der Waals surface area contributed by atoms with Crippen molar-refractivity contribution in [3.63, 3.8) is 0 Å². The molecule has 22 heavy (non-hydrogen) atoms. The van der Waals surface area contributed by atoms with E-state index in [0.29, 0.717) is 31.6 Å².